The summed E-state index contributed by atoms with van der Waals surface area (Å²) in [5.41, 5.74) is 6.27. The van der Waals surface area contributed by atoms with Crippen LogP contribution in [0.3, 0.4) is 0 Å². The minimum Gasteiger partial charge on any atom is -0.375 e. The monoisotopic (exact) mass is 454 g/mol. The van der Waals surface area contributed by atoms with E-state index in [-0.39, 0.29) is 24.5 Å². The highest BCUT2D eigenvalue weighted by Crippen LogP contribution is 2.28. The number of benzene rings is 1. The van der Waals surface area contributed by atoms with Crippen molar-refractivity contribution in [2.45, 2.75) is 13.0 Å². The zero-order valence-corrected chi connectivity index (χ0v) is 18.8. The number of ether oxygens (including phenoxy) is 1. The Morgan fingerprint density at radius 2 is 2.19 bits per heavy atom. The van der Waals surface area contributed by atoms with Crippen molar-refractivity contribution in [1.82, 2.24) is 15.0 Å². The summed E-state index contributed by atoms with van der Waals surface area (Å²) in [6.07, 6.45) is 3.57. The van der Waals surface area contributed by atoms with Crippen LogP contribution >= 0.6 is 11.3 Å². The third-order valence-corrected chi connectivity index (χ3v) is 5.88. The quantitative estimate of drug-likeness (QED) is 0.507. The largest absolute Gasteiger partial charge is 0.375 e. The van der Waals surface area contributed by atoms with E-state index in [0.29, 0.717) is 10.7 Å². The highest BCUT2D eigenvalue weighted by molar-refractivity contribution is 7.14. The molecule has 1 saturated heterocycles. The van der Waals surface area contributed by atoms with Gasteiger partial charge < -0.3 is 25.7 Å². The molecule has 4 rings (SSSR count). The number of morpholine rings is 1. The van der Waals surface area contributed by atoms with E-state index in [4.69, 9.17) is 4.74 Å². The molecule has 0 spiro atoms. The fourth-order valence-electron chi connectivity index (χ4n) is 3.47. The summed E-state index contributed by atoms with van der Waals surface area (Å²) in [5, 5.41) is 7.76. The zero-order chi connectivity index (χ0) is 22.5. The van der Waals surface area contributed by atoms with E-state index in [1.807, 2.05) is 17.5 Å². The number of anilines is 2. The molecule has 1 unspecified atom stereocenters. The molecule has 32 heavy (non-hydrogen) atoms. The van der Waals surface area contributed by atoms with E-state index in [1.165, 1.54) is 11.3 Å². The maximum absolute atomic E-state index is 12.3. The molecule has 0 aliphatic carbocycles. The predicted molar refractivity (Wildman–Crippen MR) is 126 cm³/mol. The number of amides is 2. The molecule has 1 atom stereocenters. The summed E-state index contributed by atoms with van der Waals surface area (Å²) >= 11 is 1.35. The van der Waals surface area contributed by atoms with Gasteiger partial charge in [0.05, 0.1) is 30.5 Å². The van der Waals surface area contributed by atoms with Gasteiger partial charge in [0.15, 0.2) is 5.13 Å². The van der Waals surface area contributed by atoms with Crippen LogP contribution in [0.15, 0.2) is 48.1 Å². The number of thiazole rings is 1. The molecule has 3 N–H and O–H groups in total. The molecule has 0 radical (unpaired) electrons. The van der Waals surface area contributed by atoms with Gasteiger partial charge in [-0.3, -0.25) is 14.3 Å². The van der Waals surface area contributed by atoms with Crippen molar-refractivity contribution >= 4 is 34.0 Å². The Kier molecular flexibility index (Phi) is 6.72. The van der Waals surface area contributed by atoms with E-state index in [9.17, 15) is 9.59 Å². The second-order valence-electron chi connectivity index (χ2n) is 7.48. The van der Waals surface area contributed by atoms with Crippen LogP contribution in [0.1, 0.15) is 17.3 Å². The van der Waals surface area contributed by atoms with Gasteiger partial charge in [-0.05, 0) is 25.1 Å². The molecule has 1 aliphatic rings. The molecule has 10 heteroatoms. The number of hydrogen-bond acceptors (Lipinski definition) is 7. The molecule has 3 aromatic rings. The third kappa shape index (κ3) is 5.27. The van der Waals surface area contributed by atoms with E-state index in [1.54, 1.807) is 30.2 Å². The maximum Gasteiger partial charge on any atom is 0.253 e. The first-order valence-electron chi connectivity index (χ1n) is 10.4. The predicted octanol–water partition coefficient (Wildman–Crippen LogP) is 2.38. The van der Waals surface area contributed by atoms with Crippen LogP contribution in [0.25, 0.3) is 11.3 Å². The summed E-state index contributed by atoms with van der Waals surface area (Å²) in [6, 6.07) is 9.88. The van der Waals surface area contributed by atoms with E-state index < -0.39 is 0 Å². The SMILES string of the molecule is CNn1ccc(C(=O)NCC(=O)Nc2nc(-c3cccc(N4CCOC(C)C4)c3)cs2)c1. The number of rotatable bonds is 7. The topological polar surface area (TPSA) is 101 Å². The normalized spacial score (nSPS) is 15.9. The lowest BCUT2D eigenvalue weighted by molar-refractivity contribution is -0.115. The van der Waals surface area contributed by atoms with Gasteiger partial charge in [-0.2, -0.15) is 0 Å². The van der Waals surface area contributed by atoms with Crippen LogP contribution in [-0.2, 0) is 9.53 Å². The van der Waals surface area contributed by atoms with Gasteiger partial charge in [-0.15, -0.1) is 11.3 Å². The summed E-state index contributed by atoms with van der Waals surface area (Å²) in [6.45, 7) is 4.37. The molecule has 1 aliphatic heterocycles. The van der Waals surface area contributed by atoms with Gasteiger partial charge in [0, 0.05) is 49.2 Å². The molecule has 1 aromatic carbocycles. The maximum atomic E-state index is 12.3. The Morgan fingerprint density at radius 1 is 1.31 bits per heavy atom. The highest BCUT2D eigenvalue weighted by Gasteiger charge is 2.18. The molecular weight excluding hydrogens is 428 g/mol. The van der Waals surface area contributed by atoms with E-state index >= 15 is 0 Å². The lowest BCUT2D eigenvalue weighted by Gasteiger charge is -2.33. The van der Waals surface area contributed by atoms with Crippen molar-refractivity contribution in [3.8, 4) is 11.3 Å². The van der Waals surface area contributed by atoms with Gasteiger partial charge in [-0.1, -0.05) is 12.1 Å². The third-order valence-electron chi connectivity index (χ3n) is 5.12. The van der Waals surface area contributed by atoms with E-state index in [0.717, 1.165) is 36.6 Å². The van der Waals surface area contributed by atoms with Crippen LogP contribution in [0, 0.1) is 0 Å². The van der Waals surface area contributed by atoms with Gasteiger partial charge in [-0.25, -0.2) is 4.98 Å². The van der Waals surface area contributed by atoms with Crippen molar-refractivity contribution in [3.63, 3.8) is 0 Å². The first-order chi connectivity index (χ1) is 15.5. The summed E-state index contributed by atoms with van der Waals surface area (Å²) in [7, 11) is 1.75. The lowest BCUT2D eigenvalue weighted by Crippen LogP contribution is -2.41. The first kappa shape index (κ1) is 21.8. The number of nitrogens with one attached hydrogen (secondary N) is 3. The molecular formula is C22H26N6O3S. The summed E-state index contributed by atoms with van der Waals surface area (Å²) in [4.78, 5) is 31.2. The molecule has 2 amide bonds. The van der Waals surface area contributed by atoms with Crippen molar-refractivity contribution < 1.29 is 14.3 Å². The standard InChI is InChI=1S/C22H26N6O3S/c1-15-12-27(8-9-31-15)18-5-3-4-16(10-18)19-14-32-22(25-19)26-20(29)11-24-21(30)17-6-7-28(13-17)23-2/h3-7,10,13-15,23H,8-9,11-12H2,1-2H3,(H,24,30)(H,25,26,29). The molecule has 1 fully saturated rings. The fourth-order valence-corrected chi connectivity index (χ4v) is 4.21. The average Bonchev–Trinajstić information content (AvgIpc) is 3.47. The number of carbonyl (C=O) groups is 2. The summed E-state index contributed by atoms with van der Waals surface area (Å²) in [5.74, 6) is -0.647. The molecule has 9 nitrogen and oxygen atoms in total. The average molecular weight is 455 g/mol. The first-order valence-corrected chi connectivity index (χ1v) is 11.3. The minimum atomic E-state index is -0.330. The van der Waals surface area contributed by atoms with Gasteiger partial charge >= 0.3 is 0 Å². The molecule has 3 heterocycles. The second kappa shape index (κ2) is 9.84. The smallest absolute Gasteiger partial charge is 0.253 e. The Balaban J connectivity index is 1.34. The molecule has 168 valence electrons. The molecule has 2 aromatic heterocycles. The number of hydrogen-bond donors (Lipinski definition) is 3. The minimum absolute atomic E-state index is 0.136. The van der Waals surface area contributed by atoms with Gasteiger partial charge in [0.2, 0.25) is 5.91 Å². The van der Waals surface area contributed by atoms with Crippen molar-refractivity contribution in [2.24, 2.45) is 0 Å². The van der Waals surface area contributed by atoms with E-state index in [2.05, 4.69) is 45.0 Å². The lowest BCUT2D eigenvalue weighted by atomic mass is 10.1. The Bertz CT molecular complexity index is 1090. The zero-order valence-electron chi connectivity index (χ0n) is 18.0. The van der Waals surface area contributed by atoms with Crippen LogP contribution < -0.4 is 21.0 Å². The van der Waals surface area contributed by atoms with Crippen molar-refractivity contribution in [2.75, 3.05) is 48.9 Å². The van der Waals surface area contributed by atoms with Crippen LogP contribution in [0.5, 0.6) is 0 Å². The number of carbonyl (C=O) groups excluding carboxylic acids is 2. The van der Waals surface area contributed by atoms with Crippen LogP contribution in [0.4, 0.5) is 10.8 Å². The number of nitrogens with zero attached hydrogens (tertiary/aromatic N) is 3. The summed E-state index contributed by atoms with van der Waals surface area (Å²) < 4.78 is 7.28. The Labute approximate surface area is 190 Å². The highest BCUT2D eigenvalue weighted by atomic mass is 32.1. The Morgan fingerprint density at radius 3 is 2.97 bits per heavy atom. The van der Waals surface area contributed by atoms with Gasteiger partial charge in [0.1, 0.15) is 0 Å². The second-order valence-corrected chi connectivity index (χ2v) is 8.34. The van der Waals surface area contributed by atoms with Crippen LogP contribution in [0.2, 0.25) is 0 Å². The van der Waals surface area contributed by atoms with Crippen LogP contribution in [-0.4, -0.2) is 60.9 Å². The molecule has 0 saturated carbocycles. The van der Waals surface area contributed by atoms with Crippen molar-refractivity contribution in [1.29, 1.82) is 0 Å². The van der Waals surface area contributed by atoms with Gasteiger partial charge in [0.25, 0.3) is 5.91 Å². The molecule has 0 bridgehead atoms. The number of aromatic nitrogens is 2. The van der Waals surface area contributed by atoms with Crippen molar-refractivity contribution in [3.05, 3.63) is 53.7 Å². The Hall–Kier alpha value is -3.37. The fraction of sp³-hybridized carbons (Fsp3) is 0.318.